The molecule has 0 aliphatic carbocycles. The Hall–Kier alpha value is -1.04. The van der Waals surface area contributed by atoms with Crippen molar-refractivity contribution in [3.05, 3.63) is 48.0 Å². The van der Waals surface area contributed by atoms with Crippen LogP contribution >= 0.6 is 0 Å². The van der Waals surface area contributed by atoms with Gasteiger partial charge in [0.25, 0.3) is 0 Å². The Morgan fingerprint density at radius 2 is 1.85 bits per heavy atom. The molecule has 13 heavy (non-hydrogen) atoms. The highest BCUT2D eigenvalue weighted by molar-refractivity contribution is 5.27. The first-order valence-electron chi connectivity index (χ1n) is 5.02. The monoisotopic (exact) mass is 174 g/mol. The van der Waals surface area contributed by atoms with Gasteiger partial charge >= 0.3 is 0 Å². The maximum Gasteiger partial charge on any atom is 0.00427 e. The molecule has 0 heterocycles. The summed E-state index contributed by atoms with van der Waals surface area (Å²) in [7, 11) is 0. The van der Waals surface area contributed by atoms with Gasteiger partial charge in [0.2, 0.25) is 0 Å². The van der Waals surface area contributed by atoms with E-state index < -0.39 is 0 Å². The Bertz CT molecular complexity index is 259. The highest BCUT2D eigenvalue weighted by Crippen LogP contribution is 2.27. The largest absolute Gasteiger partial charge is 0.0993 e. The quantitative estimate of drug-likeness (QED) is 0.602. The number of hydrogen-bond donors (Lipinski definition) is 0. The summed E-state index contributed by atoms with van der Waals surface area (Å²) in [5.41, 5.74) is 2.74. The molecule has 0 aliphatic rings. The van der Waals surface area contributed by atoms with Crippen LogP contribution in [-0.2, 0) is 0 Å². The van der Waals surface area contributed by atoms with Crippen molar-refractivity contribution in [1.29, 1.82) is 0 Å². The van der Waals surface area contributed by atoms with E-state index in [1.54, 1.807) is 0 Å². The molecule has 0 aromatic heterocycles. The molecule has 0 bridgehead atoms. The van der Waals surface area contributed by atoms with Gasteiger partial charge in [0.1, 0.15) is 0 Å². The summed E-state index contributed by atoms with van der Waals surface area (Å²) < 4.78 is 0. The van der Waals surface area contributed by atoms with Crippen LogP contribution < -0.4 is 0 Å². The fraction of sp³-hybridized carbons (Fsp3) is 0.385. The first kappa shape index (κ1) is 10.0. The zero-order valence-electron chi connectivity index (χ0n) is 8.59. The minimum atomic E-state index is 0.547. The molecule has 0 fully saturated rings. The topological polar surface area (TPSA) is 0 Å². The summed E-state index contributed by atoms with van der Waals surface area (Å²) in [5, 5.41) is 0. The summed E-state index contributed by atoms with van der Waals surface area (Å²) in [4.78, 5) is 0. The zero-order chi connectivity index (χ0) is 9.68. The SMILES string of the molecule is C=C(CC)[C@H](CC)c1ccccc1. The van der Waals surface area contributed by atoms with E-state index >= 15 is 0 Å². The van der Waals surface area contributed by atoms with Crippen LogP contribution in [0.25, 0.3) is 0 Å². The van der Waals surface area contributed by atoms with E-state index in [9.17, 15) is 0 Å². The van der Waals surface area contributed by atoms with E-state index in [0.29, 0.717) is 5.92 Å². The molecule has 0 radical (unpaired) electrons. The average molecular weight is 174 g/mol. The van der Waals surface area contributed by atoms with Crippen LogP contribution in [0, 0.1) is 0 Å². The minimum absolute atomic E-state index is 0.547. The standard InChI is InChI=1S/C13H18/c1-4-11(3)13(5-2)12-9-7-6-8-10-12/h6-10,13H,3-5H2,1-2H3/t13-/m0/s1. The fourth-order valence-corrected chi connectivity index (χ4v) is 1.69. The molecular weight excluding hydrogens is 156 g/mol. The van der Waals surface area contributed by atoms with Gasteiger partial charge in [0, 0.05) is 5.92 Å². The molecule has 0 aliphatic heterocycles. The molecule has 0 heteroatoms. The van der Waals surface area contributed by atoms with Crippen LogP contribution in [0.4, 0.5) is 0 Å². The Kier molecular flexibility index (Phi) is 3.75. The van der Waals surface area contributed by atoms with Crippen LogP contribution in [0.5, 0.6) is 0 Å². The summed E-state index contributed by atoms with van der Waals surface area (Å²) in [5.74, 6) is 0.547. The summed E-state index contributed by atoms with van der Waals surface area (Å²) in [6.07, 6.45) is 2.23. The molecule has 70 valence electrons. The Balaban J connectivity index is 2.85. The van der Waals surface area contributed by atoms with Crippen molar-refractivity contribution in [2.45, 2.75) is 32.6 Å². The molecule has 0 nitrogen and oxygen atoms in total. The van der Waals surface area contributed by atoms with Crippen molar-refractivity contribution >= 4 is 0 Å². The van der Waals surface area contributed by atoms with E-state index in [2.05, 4.69) is 50.8 Å². The lowest BCUT2D eigenvalue weighted by atomic mass is 9.88. The molecule has 1 aromatic carbocycles. The van der Waals surface area contributed by atoms with Gasteiger partial charge in [-0.1, -0.05) is 56.3 Å². The van der Waals surface area contributed by atoms with E-state index in [0.717, 1.165) is 12.8 Å². The number of hydrogen-bond acceptors (Lipinski definition) is 0. The van der Waals surface area contributed by atoms with Crippen LogP contribution in [0.2, 0.25) is 0 Å². The van der Waals surface area contributed by atoms with Gasteiger partial charge in [0.15, 0.2) is 0 Å². The second kappa shape index (κ2) is 4.86. The summed E-state index contributed by atoms with van der Waals surface area (Å²) >= 11 is 0. The molecular formula is C13H18. The van der Waals surface area contributed by atoms with Gasteiger partial charge in [-0.05, 0) is 18.4 Å². The zero-order valence-corrected chi connectivity index (χ0v) is 8.59. The van der Waals surface area contributed by atoms with Gasteiger partial charge in [0.05, 0.1) is 0 Å². The first-order chi connectivity index (χ1) is 6.29. The van der Waals surface area contributed by atoms with Crippen molar-refractivity contribution in [1.82, 2.24) is 0 Å². The number of allylic oxidation sites excluding steroid dienone is 1. The molecule has 0 N–H and O–H groups in total. The number of benzene rings is 1. The minimum Gasteiger partial charge on any atom is -0.0993 e. The normalized spacial score (nSPS) is 12.5. The number of rotatable bonds is 4. The first-order valence-corrected chi connectivity index (χ1v) is 5.02. The Morgan fingerprint density at radius 3 is 2.31 bits per heavy atom. The summed E-state index contributed by atoms with van der Waals surface area (Å²) in [6.45, 7) is 8.52. The molecule has 0 spiro atoms. The lowest BCUT2D eigenvalue weighted by Gasteiger charge is -2.16. The summed E-state index contributed by atoms with van der Waals surface area (Å²) in [6, 6.07) is 10.6. The lowest BCUT2D eigenvalue weighted by molar-refractivity contribution is 0.734. The van der Waals surface area contributed by atoms with Crippen LogP contribution in [0.15, 0.2) is 42.5 Å². The fourth-order valence-electron chi connectivity index (χ4n) is 1.69. The molecule has 1 rings (SSSR count). The van der Waals surface area contributed by atoms with E-state index in [1.807, 2.05) is 0 Å². The smallest absolute Gasteiger partial charge is 0.00427 e. The molecule has 1 atom stereocenters. The van der Waals surface area contributed by atoms with Crippen molar-refractivity contribution in [2.24, 2.45) is 0 Å². The molecule has 0 amide bonds. The highest BCUT2D eigenvalue weighted by Gasteiger charge is 2.10. The molecule has 0 unspecified atom stereocenters. The Labute approximate surface area is 81.3 Å². The lowest BCUT2D eigenvalue weighted by Crippen LogP contribution is -1.99. The van der Waals surface area contributed by atoms with Crippen molar-refractivity contribution in [2.75, 3.05) is 0 Å². The molecule has 1 aromatic rings. The van der Waals surface area contributed by atoms with Gasteiger partial charge in [-0.25, -0.2) is 0 Å². The maximum absolute atomic E-state index is 4.12. The predicted octanol–water partition coefficient (Wildman–Crippen LogP) is 4.15. The van der Waals surface area contributed by atoms with Gasteiger partial charge in [-0.3, -0.25) is 0 Å². The second-order valence-electron chi connectivity index (χ2n) is 3.38. The van der Waals surface area contributed by atoms with Crippen LogP contribution in [-0.4, -0.2) is 0 Å². The van der Waals surface area contributed by atoms with Crippen LogP contribution in [0.3, 0.4) is 0 Å². The van der Waals surface area contributed by atoms with Crippen molar-refractivity contribution in [3.8, 4) is 0 Å². The third-order valence-electron chi connectivity index (χ3n) is 2.56. The molecule has 0 saturated heterocycles. The van der Waals surface area contributed by atoms with Crippen LogP contribution in [0.1, 0.15) is 38.2 Å². The third-order valence-corrected chi connectivity index (χ3v) is 2.56. The molecule has 0 saturated carbocycles. The Morgan fingerprint density at radius 1 is 1.23 bits per heavy atom. The van der Waals surface area contributed by atoms with Gasteiger partial charge in [-0.15, -0.1) is 0 Å². The van der Waals surface area contributed by atoms with E-state index in [4.69, 9.17) is 0 Å². The third kappa shape index (κ3) is 2.45. The second-order valence-corrected chi connectivity index (χ2v) is 3.38. The van der Waals surface area contributed by atoms with Gasteiger partial charge in [-0.2, -0.15) is 0 Å². The van der Waals surface area contributed by atoms with E-state index in [-0.39, 0.29) is 0 Å². The maximum atomic E-state index is 4.12. The predicted molar refractivity (Wildman–Crippen MR) is 58.9 cm³/mol. The van der Waals surface area contributed by atoms with Crippen molar-refractivity contribution < 1.29 is 0 Å². The average Bonchev–Trinajstić information content (AvgIpc) is 2.20. The van der Waals surface area contributed by atoms with Gasteiger partial charge < -0.3 is 0 Å². The highest BCUT2D eigenvalue weighted by atomic mass is 14.1. The van der Waals surface area contributed by atoms with E-state index in [1.165, 1.54) is 11.1 Å². The van der Waals surface area contributed by atoms with Crippen molar-refractivity contribution in [3.63, 3.8) is 0 Å².